The van der Waals surface area contributed by atoms with Crippen molar-refractivity contribution in [3.05, 3.63) is 54.1 Å². The van der Waals surface area contributed by atoms with Crippen LogP contribution in [0.1, 0.15) is 5.56 Å². The highest BCUT2D eigenvalue weighted by atomic mass is 32.2. The van der Waals surface area contributed by atoms with Gasteiger partial charge in [0.25, 0.3) is 0 Å². The Morgan fingerprint density at radius 2 is 1.73 bits per heavy atom. The Hall–Kier alpha value is -0.990. The highest BCUT2D eigenvalue weighted by molar-refractivity contribution is 7.99. The quantitative estimate of drug-likeness (QED) is 0.721. The summed E-state index contributed by atoms with van der Waals surface area (Å²) in [6, 6.07) is 16.5. The van der Waals surface area contributed by atoms with E-state index >= 15 is 0 Å². The number of aryl methyl sites for hydroxylation is 1. The first-order valence-corrected chi connectivity index (χ1v) is 5.99. The molecule has 0 N–H and O–H groups in total. The van der Waals surface area contributed by atoms with E-state index < -0.39 is 0 Å². The zero-order valence-electron chi connectivity index (χ0n) is 8.44. The Kier molecular flexibility index (Phi) is 3.29. The first kappa shape index (κ1) is 10.5. The minimum absolute atomic E-state index is 0.925. The van der Waals surface area contributed by atoms with E-state index in [2.05, 4.69) is 31.2 Å². The monoisotopic (exact) mass is 231 g/mol. The molecule has 0 saturated heterocycles. The van der Waals surface area contributed by atoms with Gasteiger partial charge in [-0.15, -0.1) is 0 Å². The Morgan fingerprint density at radius 3 is 2.47 bits per heavy atom. The summed E-state index contributed by atoms with van der Waals surface area (Å²) in [5.41, 5.74) is 1.25. The van der Waals surface area contributed by atoms with Crippen molar-refractivity contribution in [1.82, 2.24) is 0 Å². The van der Waals surface area contributed by atoms with Gasteiger partial charge in [0.05, 0.1) is 4.90 Å². The average Bonchev–Trinajstić information content (AvgIpc) is 2.25. The first-order chi connectivity index (χ1) is 7.25. The van der Waals surface area contributed by atoms with E-state index in [1.807, 2.05) is 24.3 Å². The van der Waals surface area contributed by atoms with E-state index in [1.54, 1.807) is 11.8 Å². The van der Waals surface area contributed by atoms with Crippen LogP contribution in [0.2, 0.25) is 0 Å². The van der Waals surface area contributed by atoms with Crippen molar-refractivity contribution in [1.29, 1.82) is 0 Å². The second kappa shape index (κ2) is 4.69. The van der Waals surface area contributed by atoms with Crippen LogP contribution in [0.25, 0.3) is 0 Å². The molecular formula is C13H11S2. The van der Waals surface area contributed by atoms with Crippen molar-refractivity contribution in [2.24, 2.45) is 0 Å². The summed E-state index contributed by atoms with van der Waals surface area (Å²) in [6.45, 7) is 2.09. The van der Waals surface area contributed by atoms with Gasteiger partial charge in [-0.05, 0) is 36.8 Å². The number of hydrogen-bond donors (Lipinski definition) is 0. The van der Waals surface area contributed by atoms with Crippen molar-refractivity contribution >= 4 is 24.4 Å². The predicted octanol–water partition coefficient (Wildman–Crippen LogP) is 4.70. The molecule has 2 aromatic rings. The minimum atomic E-state index is 0.925. The Labute approximate surface area is 100 Å². The molecule has 0 nitrogen and oxygen atoms in total. The van der Waals surface area contributed by atoms with Gasteiger partial charge >= 0.3 is 0 Å². The van der Waals surface area contributed by atoms with Crippen LogP contribution in [0.15, 0.2) is 63.2 Å². The summed E-state index contributed by atoms with van der Waals surface area (Å²) >= 11 is 7.01. The number of rotatable bonds is 2. The molecule has 1 radical (unpaired) electrons. The standard InChI is InChI=1S/C13H11S2/c1-10-7-8-12(14)13(9-10)15-11-5-3-2-4-6-11/h2-9H,1H3. The maximum Gasteiger partial charge on any atom is 0.0516 e. The topological polar surface area (TPSA) is 0 Å². The summed E-state index contributed by atoms with van der Waals surface area (Å²) < 4.78 is 0. The first-order valence-electron chi connectivity index (χ1n) is 4.76. The lowest BCUT2D eigenvalue weighted by Crippen LogP contribution is -1.78. The van der Waals surface area contributed by atoms with Crippen LogP contribution in [0.3, 0.4) is 0 Å². The summed E-state index contributed by atoms with van der Waals surface area (Å²) in [5, 5.41) is 0. The zero-order valence-corrected chi connectivity index (χ0v) is 10.1. The molecule has 0 spiro atoms. The van der Waals surface area contributed by atoms with Gasteiger partial charge in [-0.3, -0.25) is 0 Å². The lowest BCUT2D eigenvalue weighted by atomic mass is 10.2. The van der Waals surface area contributed by atoms with E-state index in [0.29, 0.717) is 0 Å². The maximum absolute atomic E-state index is 5.29. The third kappa shape index (κ3) is 2.74. The molecule has 2 heteroatoms. The van der Waals surface area contributed by atoms with E-state index in [9.17, 15) is 0 Å². The van der Waals surface area contributed by atoms with E-state index in [-0.39, 0.29) is 0 Å². The molecule has 0 aliphatic rings. The Balaban J connectivity index is 2.28. The van der Waals surface area contributed by atoms with E-state index in [0.717, 1.165) is 9.79 Å². The van der Waals surface area contributed by atoms with Crippen molar-refractivity contribution in [2.45, 2.75) is 21.6 Å². The molecule has 0 heterocycles. The van der Waals surface area contributed by atoms with Gasteiger partial charge in [0.1, 0.15) is 0 Å². The fourth-order valence-electron chi connectivity index (χ4n) is 1.31. The van der Waals surface area contributed by atoms with E-state index in [4.69, 9.17) is 12.6 Å². The number of hydrogen-bond acceptors (Lipinski definition) is 1. The minimum Gasteiger partial charge on any atom is -0.0886 e. The van der Waals surface area contributed by atoms with Crippen molar-refractivity contribution in [3.8, 4) is 0 Å². The van der Waals surface area contributed by atoms with Crippen LogP contribution in [-0.2, 0) is 0 Å². The summed E-state index contributed by atoms with van der Waals surface area (Å²) in [4.78, 5) is 3.32. The average molecular weight is 231 g/mol. The van der Waals surface area contributed by atoms with Gasteiger partial charge < -0.3 is 0 Å². The smallest absolute Gasteiger partial charge is 0.0516 e. The van der Waals surface area contributed by atoms with Gasteiger partial charge in [-0.25, -0.2) is 0 Å². The molecule has 0 aliphatic carbocycles. The highest BCUT2D eigenvalue weighted by Gasteiger charge is 2.02. The predicted molar refractivity (Wildman–Crippen MR) is 67.6 cm³/mol. The molecule has 15 heavy (non-hydrogen) atoms. The Morgan fingerprint density at radius 1 is 1.00 bits per heavy atom. The summed E-state index contributed by atoms with van der Waals surface area (Å²) in [6.07, 6.45) is 0. The van der Waals surface area contributed by atoms with Crippen molar-refractivity contribution in [2.75, 3.05) is 0 Å². The van der Waals surface area contributed by atoms with Crippen LogP contribution < -0.4 is 0 Å². The third-order valence-corrected chi connectivity index (χ3v) is 3.62. The molecular weight excluding hydrogens is 220 g/mol. The zero-order chi connectivity index (χ0) is 10.7. The number of benzene rings is 2. The second-order valence-electron chi connectivity index (χ2n) is 3.37. The van der Waals surface area contributed by atoms with Gasteiger partial charge in [-0.2, -0.15) is 0 Å². The maximum atomic E-state index is 5.29. The van der Waals surface area contributed by atoms with Crippen LogP contribution in [0, 0.1) is 6.92 Å². The van der Waals surface area contributed by atoms with Gasteiger partial charge in [0, 0.05) is 9.79 Å². The van der Waals surface area contributed by atoms with Crippen molar-refractivity contribution in [3.63, 3.8) is 0 Å². The molecule has 0 aromatic heterocycles. The largest absolute Gasteiger partial charge is 0.0886 e. The molecule has 75 valence electrons. The SMILES string of the molecule is Cc1ccc([S])c(Sc2ccccc2)c1. The molecule has 2 aromatic carbocycles. The molecule has 0 amide bonds. The molecule has 0 bridgehead atoms. The molecule has 0 aliphatic heterocycles. The van der Waals surface area contributed by atoms with E-state index in [1.165, 1.54) is 10.5 Å². The molecule has 0 atom stereocenters. The summed E-state index contributed by atoms with van der Waals surface area (Å²) in [5.74, 6) is 0. The molecule has 2 rings (SSSR count). The fraction of sp³-hybridized carbons (Fsp3) is 0.0769. The van der Waals surface area contributed by atoms with Gasteiger partial charge in [-0.1, -0.05) is 48.7 Å². The fourth-order valence-corrected chi connectivity index (χ4v) is 2.52. The van der Waals surface area contributed by atoms with Crippen LogP contribution >= 0.6 is 24.4 Å². The summed E-state index contributed by atoms with van der Waals surface area (Å²) in [7, 11) is 0. The lowest BCUT2D eigenvalue weighted by Gasteiger charge is -2.04. The Bertz CT molecular complexity index is 449. The normalized spacial score (nSPS) is 10.2. The highest BCUT2D eigenvalue weighted by Crippen LogP contribution is 2.32. The van der Waals surface area contributed by atoms with Crippen LogP contribution in [0.5, 0.6) is 0 Å². The lowest BCUT2D eigenvalue weighted by molar-refractivity contribution is 1.21. The van der Waals surface area contributed by atoms with Crippen molar-refractivity contribution < 1.29 is 0 Å². The van der Waals surface area contributed by atoms with Gasteiger partial charge in [0.2, 0.25) is 0 Å². The molecule has 0 saturated carbocycles. The van der Waals surface area contributed by atoms with Crippen LogP contribution in [-0.4, -0.2) is 0 Å². The van der Waals surface area contributed by atoms with Crippen LogP contribution in [0.4, 0.5) is 0 Å². The second-order valence-corrected chi connectivity index (χ2v) is 4.92. The van der Waals surface area contributed by atoms with Gasteiger partial charge in [0.15, 0.2) is 0 Å². The molecule has 0 unspecified atom stereocenters. The third-order valence-electron chi connectivity index (χ3n) is 2.07. The molecule has 0 fully saturated rings.